The number of rotatable bonds is 5. The quantitative estimate of drug-likeness (QED) is 0.835. The molecule has 1 aromatic rings. The zero-order chi connectivity index (χ0) is 17.8. The van der Waals surface area contributed by atoms with Crippen LogP contribution in [0.25, 0.3) is 0 Å². The van der Waals surface area contributed by atoms with Gasteiger partial charge in [-0.3, -0.25) is 9.59 Å². The minimum absolute atomic E-state index is 0.0000271. The van der Waals surface area contributed by atoms with Crippen molar-refractivity contribution >= 4 is 11.8 Å². The van der Waals surface area contributed by atoms with Crippen LogP contribution in [-0.2, 0) is 13.0 Å². The van der Waals surface area contributed by atoms with Crippen molar-refractivity contribution in [3.8, 4) is 0 Å². The van der Waals surface area contributed by atoms with Gasteiger partial charge in [-0.25, -0.2) is 4.98 Å². The Bertz CT molecular complexity index is 665. The van der Waals surface area contributed by atoms with Gasteiger partial charge in [0.1, 0.15) is 5.69 Å². The zero-order valence-electron chi connectivity index (χ0n) is 15.1. The number of nitrogens with one attached hydrogen (secondary N) is 1. The average molecular weight is 344 g/mol. The van der Waals surface area contributed by atoms with Crippen molar-refractivity contribution in [1.82, 2.24) is 19.8 Å². The van der Waals surface area contributed by atoms with Gasteiger partial charge in [0.2, 0.25) is 0 Å². The summed E-state index contributed by atoms with van der Waals surface area (Å²) in [5.74, 6) is 0.137. The first kappa shape index (κ1) is 17.7. The SMILES string of the molecule is C=CCNC(=O)c1nc(C(=O)N2CCCCC2CC)c2n1CCCC2. The van der Waals surface area contributed by atoms with E-state index in [-0.39, 0.29) is 11.8 Å². The Labute approximate surface area is 149 Å². The third-order valence-electron chi connectivity index (χ3n) is 5.29. The Balaban J connectivity index is 1.92. The number of carbonyl (C=O) groups excluding carboxylic acids is 2. The van der Waals surface area contributed by atoms with Gasteiger partial charge in [-0.1, -0.05) is 13.0 Å². The van der Waals surface area contributed by atoms with Crippen LogP contribution < -0.4 is 5.32 Å². The average Bonchev–Trinajstić information content (AvgIpc) is 3.05. The Hall–Kier alpha value is -2.11. The Morgan fingerprint density at radius 1 is 1.28 bits per heavy atom. The fraction of sp³-hybridized carbons (Fsp3) is 0.632. The highest BCUT2D eigenvalue weighted by molar-refractivity contribution is 5.97. The van der Waals surface area contributed by atoms with Gasteiger partial charge in [-0.15, -0.1) is 6.58 Å². The number of aromatic nitrogens is 2. The summed E-state index contributed by atoms with van der Waals surface area (Å²) in [7, 11) is 0. The lowest BCUT2D eigenvalue weighted by atomic mass is 9.99. The monoisotopic (exact) mass is 344 g/mol. The molecule has 1 atom stereocenters. The minimum atomic E-state index is -0.229. The molecule has 1 unspecified atom stereocenters. The minimum Gasteiger partial charge on any atom is -0.346 e. The molecule has 3 rings (SSSR count). The number of carbonyl (C=O) groups is 2. The van der Waals surface area contributed by atoms with Crippen LogP contribution in [0.4, 0.5) is 0 Å². The molecule has 1 fully saturated rings. The van der Waals surface area contributed by atoms with Crippen LogP contribution in [-0.4, -0.2) is 45.4 Å². The second-order valence-electron chi connectivity index (χ2n) is 6.89. The predicted molar refractivity (Wildman–Crippen MR) is 96.7 cm³/mol. The number of fused-ring (bicyclic) bond motifs is 1. The Morgan fingerprint density at radius 3 is 2.84 bits per heavy atom. The molecule has 0 saturated carbocycles. The topological polar surface area (TPSA) is 67.2 Å². The molecular weight excluding hydrogens is 316 g/mol. The Kier molecular flexibility index (Phi) is 5.56. The van der Waals surface area contributed by atoms with Gasteiger partial charge >= 0.3 is 0 Å². The molecule has 136 valence electrons. The van der Waals surface area contributed by atoms with Gasteiger partial charge in [-0.2, -0.15) is 0 Å². The van der Waals surface area contributed by atoms with Gasteiger partial charge in [0.25, 0.3) is 11.8 Å². The van der Waals surface area contributed by atoms with E-state index in [1.165, 1.54) is 6.42 Å². The van der Waals surface area contributed by atoms with Gasteiger partial charge in [0.05, 0.1) is 5.69 Å². The lowest BCUT2D eigenvalue weighted by molar-refractivity contribution is 0.0600. The molecule has 0 aromatic carbocycles. The highest BCUT2D eigenvalue weighted by atomic mass is 16.2. The van der Waals surface area contributed by atoms with Crippen LogP contribution in [0.1, 0.15) is 72.3 Å². The fourth-order valence-electron chi connectivity index (χ4n) is 3.96. The first-order valence-electron chi connectivity index (χ1n) is 9.46. The zero-order valence-corrected chi connectivity index (χ0v) is 15.1. The maximum atomic E-state index is 13.2. The third kappa shape index (κ3) is 3.48. The number of hydrogen-bond donors (Lipinski definition) is 1. The van der Waals surface area contributed by atoms with Crippen LogP contribution in [0.5, 0.6) is 0 Å². The van der Waals surface area contributed by atoms with E-state index in [0.29, 0.717) is 24.1 Å². The largest absolute Gasteiger partial charge is 0.346 e. The van der Waals surface area contributed by atoms with Crippen LogP contribution in [0, 0.1) is 0 Å². The van der Waals surface area contributed by atoms with Crippen LogP contribution in [0.3, 0.4) is 0 Å². The molecule has 0 spiro atoms. The second kappa shape index (κ2) is 7.85. The van der Waals surface area contributed by atoms with Gasteiger partial charge in [-0.05, 0) is 44.9 Å². The van der Waals surface area contributed by atoms with Crippen molar-refractivity contribution in [1.29, 1.82) is 0 Å². The van der Waals surface area contributed by atoms with Crippen molar-refractivity contribution in [2.75, 3.05) is 13.1 Å². The molecule has 6 heteroatoms. The van der Waals surface area contributed by atoms with Crippen LogP contribution in [0.15, 0.2) is 12.7 Å². The number of amides is 2. The van der Waals surface area contributed by atoms with Crippen molar-refractivity contribution in [2.45, 2.75) is 64.5 Å². The summed E-state index contributed by atoms with van der Waals surface area (Å²) in [5, 5.41) is 2.79. The molecule has 3 heterocycles. The van der Waals surface area contributed by atoms with E-state index >= 15 is 0 Å². The molecule has 2 amide bonds. The van der Waals surface area contributed by atoms with E-state index in [1.807, 2.05) is 9.47 Å². The molecule has 2 aliphatic rings. The fourth-order valence-corrected chi connectivity index (χ4v) is 3.96. The second-order valence-corrected chi connectivity index (χ2v) is 6.89. The standard InChI is InChI=1S/C19H28N4O2/c1-3-11-20-18(24)17-21-16(15-10-6-8-13-23(15)17)19(25)22-12-7-5-9-14(22)4-2/h3,14H,1,4-13H2,2H3,(H,20,24). The normalized spacial score (nSPS) is 20.0. The highest BCUT2D eigenvalue weighted by Gasteiger charge is 2.33. The molecule has 1 saturated heterocycles. The van der Waals surface area contributed by atoms with E-state index in [4.69, 9.17) is 0 Å². The molecule has 6 nitrogen and oxygen atoms in total. The summed E-state index contributed by atoms with van der Waals surface area (Å²) in [6.07, 6.45) is 8.76. The molecule has 0 radical (unpaired) electrons. The number of hydrogen-bond acceptors (Lipinski definition) is 3. The molecule has 1 N–H and O–H groups in total. The van der Waals surface area contributed by atoms with Crippen LogP contribution >= 0.6 is 0 Å². The predicted octanol–water partition coefficient (Wildman–Crippen LogP) is 2.54. The van der Waals surface area contributed by atoms with Gasteiger partial charge < -0.3 is 14.8 Å². The van der Waals surface area contributed by atoms with Crippen molar-refractivity contribution in [3.05, 3.63) is 29.9 Å². The number of piperidine rings is 1. The Morgan fingerprint density at radius 2 is 2.08 bits per heavy atom. The van der Waals surface area contributed by atoms with E-state index < -0.39 is 0 Å². The molecule has 1 aromatic heterocycles. The molecule has 25 heavy (non-hydrogen) atoms. The summed E-state index contributed by atoms with van der Waals surface area (Å²) in [6.45, 7) is 7.70. The summed E-state index contributed by atoms with van der Waals surface area (Å²) >= 11 is 0. The van der Waals surface area contributed by atoms with Crippen LogP contribution in [0.2, 0.25) is 0 Å². The van der Waals surface area contributed by atoms with Crippen molar-refractivity contribution in [2.24, 2.45) is 0 Å². The first-order valence-corrected chi connectivity index (χ1v) is 9.46. The number of imidazole rings is 1. The maximum Gasteiger partial charge on any atom is 0.287 e. The smallest absolute Gasteiger partial charge is 0.287 e. The molecule has 0 bridgehead atoms. The number of nitrogens with zero attached hydrogens (tertiary/aromatic N) is 3. The highest BCUT2D eigenvalue weighted by Crippen LogP contribution is 2.26. The summed E-state index contributed by atoms with van der Waals surface area (Å²) in [6, 6.07) is 0.292. The molecule has 2 aliphatic heterocycles. The molecule has 0 aliphatic carbocycles. The van der Waals surface area contributed by atoms with Crippen molar-refractivity contribution in [3.63, 3.8) is 0 Å². The van der Waals surface area contributed by atoms with E-state index in [0.717, 1.165) is 57.3 Å². The lowest BCUT2D eigenvalue weighted by Gasteiger charge is -2.35. The summed E-state index contributed by atoms with van der Waals surface area (Å²) in [5.41, 5.74) is 1.42. The number of likely N-dealkylation sites (tertiary alicyclic amines) is 1. The maximum absolute atomic E-state index is 13.2. The van der Waals surface area contributed by atoms with Gasteiger partial charge in [0, 0.05) is 25.7 Å². The van der Waals surface area contributed by atoms with E-state index in [2.05, 4.69) is 23.8 Å². The lowest BCUT2D eigenvalue weighted by Crippen LogP contribution is -2.44. The summed E-state index contributed by atoms with van der Waals surface area (Å²) in [4.78, 5) is 32.1. The van der Waals surface area contributed by atoms with E-state index in [9.17, 15) is 9.59 Å². The van der Waals surface area contributed by atoms with Gasteiger partial charge in [0.15, 0.2) is 5.82 Å². The molecular formula is C19H28N4O2. The van der Waals surface area contributed by atoms with E-state index in [1.54, 1.807) is 6.08 Å². The third-order valence-corrected chi connectivity index (χ3v) is 5.29. The first-order chi connectivity index (χ1) is 12.2. The summed E-state index contributed by atoms with van der Waals surface area (Å²) < 4.78 is 1.94. The van der Waals surface area contributed by atoms with Crippen molar-refractivity contribution < 1.29 is 9.59 Å².